The molecule has 0 atom stereocenters. The number of allylic oxidation sites excluding steroid dienone is 2. The zero-order valence-electron chi connectivity index (χ0n) is 17.2. The average Bonchev–Trinajstić information content (AvgIpc) is 3.06. The maximum Gasteiger partial charge on any atom is 0.506 e. The van der Waals surface area contributed by atoms with E-state index in [9.17, 15) is 14.0 Å². The van der Waals surface area contributed by atoms with Gasteiger partial charge in [-0.3, -0.25) is 4.79 Å². The molecule has 0 saturated carbocycles. The van der Waals surface area contributed by atoms with Gasteiger partial charge in [0.1, 0.15) is 6.61 Å². The number of carbonyl (C=O) groups is 1. The Labute approximate surface area is 173 Å². The second-order valence-electron chi connectivity index (χ2n) is 7.94. The fraction of sp³-hybridized carbons (Fsp3) is 0.348. The molecular formula is C23H23FN2O4. The van der Waals surface area contributed by atoms with Crippen molar-refractivity contribution < 1.29 is 19.0 Å². The number of pyridine rings is 2. The van der Waals surface area contributed by atoms with Gasteiger partial charge >= 0.3 is 6.16 Å². The standard InChI is InChI=1S/C23H23FN2O4/c1-12(2)14-5-4-6-15-16-10-26-19(21(16)25-18(7-8-24)20(14)15)9-13(3)17(22(26)27)11-30-23(28)29/h7-9H,4-6,10-11H2,1-3H3,(H,28,29)/b8-7+. The van der Waals surface area contributed by atoms with Crippen LogP contribution in [0.5, 0.6) is 0 Å². The molecule has 0 spiro atoms. The van der Waals surface area contributed by atoms with E-state index in [0.29, 0.717) is 41.1 Å². The lowest BCUT2D eigenvalue weighted by molar-refractivity contribution is 0.0848. The molecule has 4 rings (SSSR count). The molecule has 0 fully saturated rings. The van der Waals surface area contributed by atoms with E-state index in [1.54, 1.807) is 11.5 Å². The molecule has 0 amide bonds. The molecule has 0 aromatic carbocycles. The minimum absolute atomic E-state index is 0.279. The van der Waals surface area contributed by atoms with Gasteiger partial charge in [-0.2, -0.15) is 0 Å². The van der Waals surface area contributed by atoms with E-state index in [1.807, 2.05) is 6.07 Å². The van der Waals surface area contributed by atoms with Crippen LogP contribution in [0.1, 0.15) is 60.2 Å². The predicted octanol–water partition coefficient (Wildman–Crippen LogP) is 4.84. The number of hydrogen-bond donors (Lipinski definition) is 1. The van der Waals surface area contributed by atoms with Gasteiger partial charge in [0, 0.05) is 11.1 Å². The number of rotatable bonds is 3. The predicted molar refractivity (Wildman–Crippen MR) is 112 cm³/mol. The molecule has 3 heterocycles. The number of halogens is 1. The highest BCUT2D eigenvalue weighted by Gasteiger charge is 2.31. The average molecular weight is 410 g/mol. The molecule has 1 aliphatic heterocycles. The van der Waals surface area contributed by atoms with Crippen molar-refractivity contribution in [3.8, 4) is 11.4 Å². The highest BCUT2D eigenvalue weighted by atomic mass is 19.1. The first-order valence-electron chi connectivity index (χ1n) is 9.92. The largest absolute Gasteiger partial charge is 0.506 e. The van der Waals surface area contributed by atoms with Crippen molar-refractivity contribution in [1.29, 1.82) is 0 Å². The monoisotopic (exact) mass is 410 g/mol. The molecule has 156 valence electrons. The minimum atomic E-state index is -1.42. The van der Waals surface area contributed by atoms with Crippen LogP contribution in [0.4, 0.5) is 9.18 Å². The molecule has 1 N–H and O–H groups in total. The van der Waals surface area contributed by atoms with Crippen molar-refractivity contribution in [1.82, 2.24) is 9.55 Å². The van der Waals surface area contributed by atoms with Gasteiger partial charge in [-0.05, 0) is 68.9 Å². The summed E-state index contributed by atoms with van der Waals surface area (Å²) in [4.78, 5) is 28.6. The second kappa shape index (κ2) is 7.55. The number of fused-ring (bicyclic) bond motifs is 5. The zero-order valence-corrected chi connectivity index (χ0v) is 17.2. The van der Waals surface area contributed by atoms with E-state index in [1.165, 1.54) is 17.2 Å². The van der Waals surface area contributed by atoms with Gasteiger partial charge in [-0.15, -0.1) is 0 Å². The third kappa shape index (κ3) is 3.14. The number of aromatic nitrogens is 2. The number of ether oxygens (including phenoxy) is 1. The van der Waals surface area contributed by atoms with Crippen molar-refractivity contribution in [2.24, 2.45) is 0 Å². The Morgan fingerprint density at radius 3 is 2.77 bits per heavy atom. The van der Waals surface area contributed by atoms with Crippen LogP contribution in [0.2, 0.25) is 0 Å². The zero-order chi connectivity index (χ0) is 21.6. The molecule has 2 aromatic heterocycles. The summed E-state index contributed by atoms with van der Waals surface area (Å²) in [6.07, 6.45) is 3.23. The highest BCUT2D eigenvalue weighted by molar-refractivity contribution is 5.82. The first-order chi connectivity index (χ1) is 14.3. The van der Waals surface area contributed by atoms with Crippen LogP contribution >= 0.6 is 0 Å². The van der Waals surface area contributed by atoms with Gasteiger partial charge < -0.3 is 14.4 Å². The first-order valence-corrected chi connectivity index (χ1v) is 9.92. The summed E-state index contributed by atoms with van der Waals surface area (Å²) in [6.45, 7) is 5.94. The van der Waals surface area contributed by atoms with Crippen molar-refractivity contribution in [2.45, 2.75) is 53.2 Å². The number of carboxylic acid groups (broad SMARTS) is 1. The van der Waals surface area contributed by atoms with Crippen LogP contribution in [0.15, 0.2) is 22.8 Å². The Kier molecular flexibility index (Phi) is 5.05. The molecule has 0 radical (unpaired) electrons. The second-order valence-corrected chi connectivity index (χ2v) is 7.94. The molecule has 1 aliphatic carbocycles. The lowest BCUT2D eigenvalue weighted by Gasteiger charge is -2.24. The van der Waals surface area contributed by atoms with Crippen LogP contribution in [-0.4, -0.2) is 20.8 Å². The Hall–Kier alpha value is -3.22. The maximum absolute atomic E-state index is 13.2. The molecule has 0 unspecified atom stereocenters. The summed E-state index contributed by atoms with van der Waals surface area (Å²) in [5.74, 6) is 0. The maximum atomic E-state index is 13.2. The van der Waals surface area contributed by atoms with Crippen LogP contribution in [-0.2, 0) is 24.3 Å². The molecule has 0 bridgehead atoms. The fourth-order valence-corrected chi connectivity index (χ4v) is 4.57. The normalized spacial score (nSPS) is 14.5. The van der Waals surface area contributed by atoms with E-state index in [0.717, 1.165) is 36.0 Å². The van der Waals surface area contributed by atoms with Gasteiger partial charge in [-0.1, -0.05) is 5.57 Å². The van der Waals surface area contributed by atoms with Crippen molar-refractivity contribution in [3.63, 3.8) is 0 Å². The van der Waals surface area contributed by atoms with Crippen LogP contribution in [0, 0.1) is 6.92 Å². The van der Waals surface area contributed by atoms with Gasteiger partial charge in [0.05, 0.1) is 35.5 Å². The molecule has 0 saturated heterocycles. The van der Waals surface area contributed by atoms with E-state index in [-0.39, 0.29) is 12.2 Å². The summed E-state index contributed by atoms with van der Waals surface area (Å²) < 4.78 is 19.5. The third-order valence-electron chi connectivity index (χ3n) is 5.94. The molecule has 2 aliphatic rings. The number of nitrogens with zero attached hydrogens (tertiary/aromatic N) is 2. The molecule has 7 heteroatoms. The topological polar surface area (TPSA) is 81.4 Å². The van der Waals surface area contributed by atoms with Crippen LogP contribution in [0.3, 0.4) is 0 Å². The molecule has 2 aromatic rings. The first kappa shape index (κ1) is 20.1. The summed E-state index contributed by atoms with van der Waals surface area (Å²) in [6, 6.07) is 1.83. The van der Waals surface area contributed by atoms with Crippen molar-refractivity contribution >= 4 is 17.8 Å². The summed E-state index contributed by atoms with van der Waals surface area (Å²) in [5.41, 5.74) is 8.11. The summed E-state index contributed by atoms with van der Waals surface area (Å²) >= 11 is 0. The fourth-order valence-electron chi connectivity index (χ4n) is 4.57. The Morgan fingerprint density at radius 2 is 2.10 bits per heavy atom. The molecule has 6 nitrogen and oxygen atoms in total. The van der Waals surface area contributed by atoms with Crippen LogP contribution < -0.4 is 5.56 Å². The van der Waals surface area contributed by atoms with Crippen molar-refractivity contribution in [2.75, 3.05) is 0 Å². The Bertz CT molecular complexity index is 1190. The number of aryl methyl sites for hydroxylation is 1. The quantitative estimate of drug-likeness (QED) is 0.625. The van der Waals surface area contributed by atoms with Gasteiger partial charge in [0.2, 0.25) is 0 Å². The third-order valence-corrected chi connectivity index (χ3v) is 5.94. The molecule has 30 heavy (non-hydrogen) atoms. The lowest BCUT2D eigenvalue weighted by Crippen LogP contribution is -2.25. The Balaban J connectivity index is 1.94. The van der Waals surface area contributed by atoms with E-state index >= 15 is 0 Å². The summed E-state index contributed by atoms with van der Waals surface area (Å²) in [5, 5.41) is 8.79. The smallest absolute Gasteiger partial charge is 0.450 e. The van der Waals surface area contributed by atoms with Gasteiger partial charge in [-0.25, -0.2) is 14.2 Å². The number of hydrogen-bond acceptors (Lipinski definition) is 4. The van der Waals surface area contributed by atoms with E-state index in [4.69, 9.17) is 10.1 Å². The van der Waals surface area contributed by atoms with E-state index < -0.39 is 6.16 Å². The summed E-state index contributed by atoms with van der Waals surface area (Å²) in [7, 11) is 0. The highest BCUT2D eigenvalue weighted by Crippen LogP contribution is 2.42. The minimum Gasteiger partial charge on any atom is -0.450 e. The SMILES string of the molecule is CC(C)=C1CCCc2c3c(nc(/C=C/F)c21)-c1cc(C)c(COC(=O)O)c(=O)n1C3. The van der Waals surface area contributed by atoms with Crippen LogP contribution in [0.25, 0.3) is 23.0 Å². The van der Waals surface area contributed by atoms with Gasteiger partial charge in [0.25, 0.3) is 5.56 Å². The van der Waals surface area contributed by atoms with Gasteiger partial charge in [0.15, 0.2) is 0 Å². The Morgan fingerprint density at radius 1 is 1.33 bits per heavy atom. The van der Waals surface area contributed by atoms with Crippen molar-refractivity contribution in [3.05, 3.63) is 61.8 Å². The van der Waals surface area contributed by atoms with E-state index in [2.05, 4.69) is 18.6 Å². The molecular weight excluding hydrogens is 387 g/mol. The lowest BCUT2D eigenvalue weighted by atomic mass is 9.81.